The second-order valence-electron chi connectivity index (χ2n) is 5.08. The van der Waals surface area contributed by atoms with Crippen molar-refractivity contribution >= 4 is 38.3 Å². The predicted octanol–water partition coefficient (Wildman–Crippen LogP) is 0.746. The minimum atomic E-state index is 0. The van der Waals surface area contributed by atoms with E-state index in [9.17, 15) is 0 Å². The van der Waals surface area contributed by atoms with Crippen molar-refractivity contribution in [3.63, 3.8) is 0 Å². The topological polar surface area (TPSA) is 42.2 Å². The maximum absolute atomic E-state index is 6.34. The molecular weight excluding hydrogens is 338 g/mol. The van der Waals surface area contributed by atoms with E-state index in [0.717, 1.165) is 46.4 Å². The second kappa shape index (κ2) is 6.19. The minimum Gasteiger partial charge on any atom is -1.00 e. The van der Waals surface area contributed by atoms with Gasteiger partial charge in [-0.1, -0.05) is 29.3 Å². The molecule has 0 atom stereocenters. The van der Waals surface area contributed by atoms with Gasteiger partial charge in [0.05, 0.1) is 5.52 Å². The lowest BCUT2D eigenvalue weighted by Gasteiger charge is -2.18. The maximum Gasteiger partial charge on any atom is 0.134 e. The highest BCUT2D eigenvalue weighted by atomic mass is 79.9. The summed E-state index contributed by atoms with van der Waals surface area (Å²) in [5.41, 5.74) is 9.46. The Morgan fingerprint density at radius 3 is 2.95 bits per heavy atom. The van der Waals surface area contributed by atoms with Gasteiger partial charge in [-0.3, -0.25) is 0 Å². The fraction of sp³-hybridized carbons (Fsp3) is 0.400. The molecule has 0 unspecified atom stereocenters. The third kappa shape index (κ3) is 2.59. The van der Waals surface area contributed by atoms with E-state index in [0.29, 0.717) is 0 Å². The molecule has 0 radical (unpaired) electrons. The Morgan fingerprint density at radius 2 is 2.20 bits per heavy atom. The van der Waals surface area contributed by atoms with Crippen LogP contribution in [0.3, 0.4) is 0 Å². The van der Waals surface area contributed by atoms with E-state index in [1.165, 1.54) is 18.4 Å². The van der Waals surface area contributed by atoms with E-state index in [2.05, 4.69) is 33.8 Å². The Morgan fingerprint density at radius 1 is 1.40 bits per heavy atom. The summed E-state index contributed by atoms with van der Waals surface area (Å²) in [4.78, 5) is 7.19. The number of halogens is 2. The largest absolute Gasteiger partial charge is 1.00 e. The number of pyridine rings is 1. The lowest BCUT2D eigenvalue weighted by atomic mass is 10.1. The normalized spacial score (nSPS) is 13.4. The van der Waals surface area contributed by atoms with Crippen LogP contribution in [0.15, 0.2) is 22.7 Å². The van der Waals surface area contributed by atoms with Crippen LogP contribution >= 0.6 is 15.9 Å². The molecule has 0 bridgehead atoms. The molecule has 2 heterocycles. The van der Waals surface area contributed by atoms with E-state index in [1.807, 2.05) is 12.1 Å². The number of hydrogen-bond acceptors (Lipinski definition) is 3. The Labute approximate surface area is 134 Å². The number of nitrogen functional groups attached to an aromatic ring is 1. The van der Waals surface area contributed by atoms with Crippen molar-refractivity contribution in [1.29, 1.82) is 0 Å². The molecule has 20 heavy (non-hydrogen) atoms. The molecule has 1 aromatic carbocycles. The molecule has 1 aliphatic heterocycles. The maximum atomic E-state index is 6.34. The van der Waals surface area contributed by atoms with Gasteiger partial charge in [0, 0.05) is 34.2 Å². The second-order valence-corrected chi connectivity index (χ2v) is 6.00. The summed E-state index contributed by atoms with van der Waals surface area (Å²) in [6, 6.07) is 6.12. The Hall–Kier alpha value is -1.00. The SMILES string of the molecule is CCCCN1CCc2c1nc1ccc(Br)cc1c2N.[Cl-]. The minimum absolute atomic E-state index is 0. The van der Waals surface area contributed by atoms with Gasteiger partial charge in [-0.2, -0.15) is 0 Å². The molecule has 1 aromatic heterocycles. The molecule has 1 aliphatic rings. The molecule has 3 nitrogen and oxygen atoms in total. The molecule has 108 valence electrons. The van der Waals surface area contributed by atoms with Crippen LogP contribution in [0.5, 0.6) is 0 Å². The molecule has 0 fully saturated rings. The van der Waals surface area contributed by atoms with Crippen LogP contribution in [0.4, 0.5) is 11.5 Å². The Kier molecular flexibility index (Phi) is 4.76. The highest BCUT2D eigenvalue weighted by molar-refractivity contribution is 9.10. The number of aromatic nitrogens is 1. The smallest absolute Gasteiger partial charge is 0.134 e. The molecule has 0 saturated heterocycles. The van der Waals surface area contributed by atoms with E-state index in [4.69, 9.17) is 10.7 Å². The quantitative estimate of drug-likeness (QED) is 0.883. The monoisotopic (exact) mass is 354 g/mol. The van der Waals surface area contributed by atoms with E-state index in [-0.39, 0.29) is 12.4 Å². The van der Waals surface area contributed by atoms with E-state index >= 15 is 0 Å². The molecule has 3 rings (SSSR count). The average molecular weight is 356 g/mol. The van der Waals surface area contributed by atoms with Crippen molar-refractivity contribution in [3.05, 3.63) is 28.2 Å². The van der Waals surface area contributed by atoms with E-state index in [1.54, 1.807) is 0 Å². The highest BCUT2D eigenvalue weighted by Crippen LogP contribution is 2.36. The summed E-state index contributed by atoms with van der Waals surface area (Å²) >= 11 is 3.50. The lowest BCUT2D eigenvalue weighted by Crippen LogP contribution is -3.00. The number of anilines is 2. The first-order valence-electron chi connectivity index (χ1n) is 6.83. The van der Waals surface area contributed by atoms with Gasteiger partial charge in [0.25, 0.3) is 0 Å². The van der Waals surface area contributed by atoms with Crippen molar-refractivity contribution < 1.29 is 12.4 Å². The van der Waals surface area contributed by atoms with Gasteiger partial charge in [0.1, 0.15) is 5.82 Å². The summed E-state index contributed by atoms with van der Waals surface area (Å²) in [5.74, 6) is 1.10. The lowest BCUT2D eigenvalue weighted by molar-refractivity contribution is -0.00000380. The third-order valence-electron chi connectivity index (χ3n) is 3.78. The predicted molar refractivity (Wildman–Crippen MR) is 84.7 cm³/mol. The van der Waals surface area contributed by atoms with Gasteiger partial charge in [-0.25, -0.2) is 4.98 Å². The third-order valence-corrected chi connectivity index (χ3v) is 4.28. The fourth-order valence-corrected chi connectivity index (χ4v) is 3.07. The number of nitrogens with two attached hydrogens (primary N) is 1. The van der Waals surface area contributed by atoms with Crippen LogP contribution in [0.2, 0.25) is 0 Å². The van der Waals surface area contributed by atoms with Crippen molar-refractivity contribution in [2.45, 2.75) is 26.2 Å². The number of nitrogens with zero attached hydrogens (tertiary/aromatic N) is 2. The number of unbranched alkanes of at least 4 members (excludes halogenated alkanes) is 1. The zero-order valence-electron chi connectivity index (χ0n) is 11.5. The van der Waals surface area contributed by atoms with Crippen molar-refractivity contribution in [2.75, 3.05) is 23.7 Å². The standard InChI is InChI=1S/C15H18BrN3.ClH/c1-2-3-7-19-8-6-11-14(17)12-9-10(16)4-5-13(12)18-15(11)19;/h4-5,9H,2-3,6-8H2,1H3,(H2,17,18);1H/p-1. The molecule has 0 amide bonds. The fourth-order valence-electron chi connectivity index (χ4n) is 2.71. The highest BCUT2D eigenvalue weighted by Gasteiger charge is 2.24. The van der Waals surface area contributed by atoms with Crippen molar-refractivity contribution in [1.82, 2.24) is 4.98 Å². The molecule has 2 N–H and O–H groups in total. The summed E-state index contributed by atoms with van der Waals surface area (Å²) in [7, 11) is 0. The zero-order chi connectivity index (χ0) is 13.4. The van der Waals surface area contributed by atoms with Gasteiger partial charge in [0.15, 0.2) is 0 Å². The Balaban J connectivity index is 0.00000147. The number of hydrogen-bond donors (Lipinski definition) is 1. The zero-order valence-corrected chi connectivity index (χ0v) is 13.8. The number of rotatable bonds is 3. The molecular formula is C15H18BrClN3-. The molecule has 5 heteroatoms. The van der Waals surface area contributed by atoms with Gasteiger partial charge in [0.2, 0.25) is 0 Å². The number of benzene rings is 1. The van der Waals surface area contributed by atoms with E-state index < -0.39 is 0 Å². The van der Waals surface area contributed by atoms with Crippen molar-refractivity contribution in [2.24, 2.45) is 0 Å². The first-order chi connectivity index (χ1) is 9.20. The summed E-state index contributed by atoms with van der Waals surface area (Å²) in [6.07, 6.45) is 3.43. The van der Waals surface area contributed by atoms with Gasteiger partial charge in [-0.15, -0.1) is 0 Å². The summed E-state index contributed by atoms with van der Waals surface area (Å²) in [6.45, 7) is 4.35. The van der Waals surface area contributed by atoms with Gasteiger partial charge in [-0.05, 0) is 31.0 Å². The summed E-state index contributed by atoms with van der Waals surface area (Å²) in [5, 5.41) is 1.06. The van der Waals surface area contributed by atoms with Crippen LogP contribution in [-0.4, -0.2) is 18.1 Å². The molecule has 0 aliphatic carbocycles. The summed E-state index contributed by atoms with van der Waals surface area (Å²) < 4.78 is 1.05. The molecule has 0 spiro atoms. The number of fused-ring (bicyclic) bond motifs is 2. The molecule has 0 saturated carbocycles. The Bertz CT molecular complexity index is 630. The van der Waals surface area contributed by atoms with Crippen LogP contribution in [0, 0.1) is 0 Å². The van der Waals surface area contributed by atoms with Crippen LogP contribution in [0.1, 0.15) is 25.3 Å². The molecule has 2 aromatic rings. The first kappa shape index (κ1) is 15.4. The van der Waals surface area contributed by atoms with Gasteiger partial charge < -0.3 is 23.0 Å². The van der Waals surface area contributed by atoms with Crippen LogP contribution < -0.4 is 23.0 Å². The average Bonchev–Trinajstić information content (AvgIpc) is 2.81. The first-order valence-corrected chi connectivity index (χ1v) is 7.62. The van der Waals surface area contributed by atoms with Crippen LogP contribution in [-0.2, 0) is 6.42 Å². The van der Waals surface area contributed by atoms with Crippen LogP contribution in [0.25, 0.3) is 10.9 Å². The van der Waals surface area contributed by atoms with Crippen molar-refractivity contribution in [3.8, 4) is 0 Å². The van der Waals surface area contributed by atoms with Gasteiger partial charge >= 0.3 is 0 Å².